The monoisotopic (exact) mass is 592 g/mol. The van der Waals surface area contributed by atoms with Gasteiger partial charge in [-0.1, -0.05) is 38.3 Å². The van der Waals surface area contributed by atoms with Crippen LogP contribution in [0.3, 0.4) is 0 Å². The Kier molecular flexibility index (Phi) is 9.14. The molecular formula is C32H42N5O6+. The minimum Gasteiger partial charge on any atom is -0.392 e. The molecule has 3 amide bonds. The number of hydrogen-bond donors (Lipinski definition) is 3. The Hall–Kier alpha value is -3.80. The van der Waals surface area contributed by atoms with Crippen molar-refractivity contribution in [2.24, 2.45) is 0 Å². The minimum atomic E-state index is -0.945. The number of imide groups is 1. The van der Waals surface area contributed by atoms with Crippen LogP contribution in [-0.2, 0) is 19.6 Å². The molecule has 0 aliphatic carbocycles. The second-order valence-corrected chi connectivity index (χ2v) is 11.5. The maximum atomic E-state index is 13.9. The van der Waals surface area contributed by atoms with Gasteiger partial charge in [0.25, 0.3) is 23.5 Å². The molecule has 1 fully saturated rings. The molecule has 11 heteroatoms. The van der Waals surface area contributed by atoms with E-state index in [0.717, 1.165) is 36.7 Å². The van der Waals surface area contributed by atoms with E-state index < -0.39 is 12.2 Å². The fraction of sp³-hybridized carbons (Fsp3) is 0.500. The molecule has 0 spiro atoms. The fourth-order valence-corrected chi connectivity index (χ4v) is 6.30. The molecule has 0 bridgehead atoms. The molecule has 2 aliphatic rings. The average molecular weight is 593 g/mol. The maximum absolute atomic E-state index is 13.9. The summed E-state index contributed by atoms with van der Waals surface area (Å²) in [5, 5.41) is 30.8. The lowest BCUT2D eigenvalue weighted by atomic mass is 10.1. The lowest BCUT2D eigenvalue weighted by molar-refractivity contribution is -0.677. The van der Waals surface area contributed by atoms with E-state index >= 15 is 0 Å². The highest BCUT2D eigenvalue weighted by molar-refractivity contribution is 6.21. The quantitative estimate of drug-likeness (QED) is 0.167. The Bertz CT molecular complexity index is 1490. The molecule has 3 heterocycles. The summed E-state index contributed by atoms with van der Waals surface area (Å²) in [5.41, 5.74) is 3.21. The number of amides is 3. The van der Waals surface area contributed by atoms with E-state index in [0.29, 0.717) is 41.3 Å². The second-order valence-electron chi connectivity index (χ2n) is 11.5. The van der Waals surface area contributed by atoms with Gasteiger partial charge in [0.05, 0.1) is 47.7 Å². The number of carbonyl (C=O) groups is 3. The lowest BCUT2D eigenvalue weighted by Gasteiger charge is -2.24. The number of hydrogen-bond acceptors (Lipinski definition) is 7. The summed E-state index contributed by atoms with van der Waals surface area (Å²) in [4.78, 5) is 45.2. The van der Waals surface area contributed by atoms with E-state index in [1.54, 1.807) is 36.2 Å². The first-order valence-electron chi connectivity index (χ1n) is 15.2. The number of anilines is 1. The summed E-state index contributed by atoms with van der Waals surface area (Å²) < 4.78 is 3.86. The van der Waals surface area contributed by atoms with Crippen molar-refractivity contribution in [3.8, 4) is 0 Å². The summed E-state index contributed by atoms with van der Waals surface area (Å²) in [6.07, 6.45) is 2.24. The van der Waals surface area contributed by atoms with Crippen LogP contribution >= 0.6 is 0 Å². The topological polar surface area (TPSA) is 130 Å². The number of imidazole rings is 1. The van der Waals surface area contributed by atoms with Crippen LogP contribution in [0.1, 0.15) is 76.4 Å². The Labute approximate surface area is 251 Å². The van der Waals surface area contributed by atoms with Gasteiger partial charge in [-0.05, 0) is 25.5 Å². The van der Waals surface area contributed by atoms with E-state index in [4.69, 9.17) is 0 Å². The molecule has 0 saturated carbocycles. The Morgan fingerprint density at radius 1 is 1.00 bits per heavy atom. The number of carbonyl (C=O) groups excluding carboxylic acids is 3. The Balaban J connectivity index is 1.61. The average Bonchev–Trinajstić information content (AvgIpc) is 3.58. The van der Waals surface area contributed by atoms with E-state index in [1.807, 2.05) is 33.1 Å². The number of benzene rings is 2. The normalized spacial score (nSPS) is 18.3. The number of aromatic nitrogens is 2. The molecular weight excluding hydrogens is 550 g/mol. The number of rotatable bonds is 12. The van der Waals surface area contributed by atoms with Gasteiger partial charge < -0.3 is 25.1 Å². The van der Waals surface area contributed by atoms with Crippen molar-refractivity contribution in [2.45, 2.75) is 71.4 Å². The van der Waals surface area contributed by atoms with Gasteiger partial charge in [0.2, 0.25) is 0 Å². The van der Waals surface area contributed by atoms with Gasteiger partial charge >= 0.3 is 0 Å². The third-order valence-corrected chi connectivity index (χ3v) is 8.64. The highest BCUT2D eigenvalue weighted by atomic mass is 16.3. The molecule has 230 valence electrons. The zero-order valence-corrected chi connectivity index (χ0v) is 25.2. The number of fused-ring (bicyclic) bond motifs is 2. The first-order valence-corrected chi connectivity index (χ1v) is 15.2. The van der Waals surface area contributed by atoms with Crippen LogP contribution in [0, 0.1) is 0 Å². The predicted molar refractivity (Wildman–Crippen MR) is 161 cm³/mol. The smallest absolute Gasteiger partial charge is 0.278 e. The number of aliphatic hydroxyl groups is 3. The molecule has 2 atom stereocenters. The van der Waals surface area contributed by atoms with Gasteiger partial charge in [-0.2, -0.15) is 0 Å². The van der Waals surface area contributed by atoms with Crippen molar-refractivity contribution in [3.63, 3.8) is 0 Å². The summed E-state index contributed by atoms with van der Waals surface area (Å²) in [6.45, 7) is 5.55. The van der Waals surface area contributed by atoms with Crippen molar-refractivity contribution >= 4 is 34.4 Å². The van der Waals surface area contributed by atoms with Crippen molar-refractivity contribution in [1.29, 1.82) is 0 Å². The molecule has 43 heavy (non-hydrogen) atoms. The van der Waals surface area contributed by atoms with Crippen LogP contribution in [-0.4, -0.2) is 92.9 Å². The van der Waals surface area contributed by atoms with E-state index in [1.165, 1.54) is 4.90 Å². The van der Waals surface area contributed by atoms with Crippen LogP contribution < -0.4 is 9.47 Å². The minimum absolute atomic E-state index is 0.00798. The molecule has 2 aliphatic heterocycles. The van der Waals surface area contributed by atoms with E-state index in [-0.39, 0.29) is 50.5 Å². The third kappa shape index (κ3) is 5.64. The molecule has 11 nitrogen and oxygen atoms in total. The summed E-state index contributed by atoms with van der Waals surface area (Å²) in [5.74, 6) is -0.259. The molecule has 2 aromatic carbocycles. The number of unbranched alkanes of at least 4 members (excludes halogenated alkanes) is 3. The van der Waals surface area contributed by atoms with Gasteiger partial charge in [0.15, 0.2) is 11.0 Å². The Morgan fingerprint density at radius 3 is 2.23 bits per heavy atom. The Morgan fingerprint density at radius 2 is 1.65 bits per heavy atom. The van der Waals surface area contributed by atoms with E-state index in [9.17, 15) is 29.7 Å². The summed E-state index contributed by atoms with van der Waals surface area (Å²) >= 11 is 0. The molecule has 5 rings (SSSR count). The van der Waals surface area contributed by atoms with Gasteiger partial charge in [-0.15, -0.1) is 0 Å². The molecule has 1 aromatic heterocycles. The van der Waals surface area contributed by atoms with Crippen LogP contribution in [0.4, 0.5) is 5.69 Å². The maximum Gasteiger partial charge on any atom is 0.278 e. The highest BCUT2D eigenvalue weighted by Crippen LogP contribution is 2.32. The van der Waals surface area contributed by atoms with Crippen molar-refractivity contribution in [1.82, 2.24) is 14.4 Å². The summed E-state index contributed by atoms with van der Waals surface area (Å²) in [7, 11) is 1.79. The number of aliphatic hydroxyl groups excluding tert-OH is 3. The SMILES string of the molecule is CCCCCCN(C)C(=O)c1cc2c(cc1N1C[C@H](O)[C@@H](O)C1)n(CCO)c(CN1C(=O)c3ccccc3C1=O)[n+]2CC. The highest BCUT2D eigenvalue weighted by Gasteiger charge is 2.40. The van der Waals surface area contributed by atoms with E-state index in [2.05, 4.69) is 6.92 Å². The first-order chi connectivity index (χ1) is 20.7. The van der Waals surface area contributed by atoms with Gasteiger partial charge in [0, 0.05) is 38.8 Å². The number of β-amino-alcohol motifs (C(OH)–C–C–N with tert-alkyl or cyclic N) is 2. The van der Waals surface area contributed by atoms with Gasteiger partial charge in [-0.25, -0.2) is 9.13 Å². The van der Waals surface area contributed by atoms with Crippen LogP contribution in [0.15, 0.2) is 36.4 Å². The number of aryl methyl sites for hydroxylation is 1. The predicted octanol–water partition coefficient (Wildman–Crippen LogP) is 1.93. The van der Waals surface area contributed by atoms with Gasteiger partial charge in [0.1, 0.15) is 13.1 Å². The second kappa shape index (κ2) is 12.8. The fourth-order valence-electron chi connectivity index (χ4n) is 6.30. The van der Waals surface area contributed by atoms with Crippen LogP contribution in [0.2, 0.25) is 0 Å². The van der Waals surface area contributed by atoms with Crippen LogP contribution in [0.5, 0.6) is 0 Å². The molecule has 3 aromatic rings. The van der Waals surface area contributed by atoms with Crippen molar-refractivity contribution < 1.29 is 34.3 Å². The summed E-state index contributed by atoms with van der Waals surface area (Å²) in [6, 6.07) is 10.5. The lowest BCUT2D eigenvalue weighted by Crippen LogP contribution is -2.42. The standard InChI is InChI=1S/C32H42N5O6/c1-4-6-7-10-13-33(3)30(41)23-16-25-26(17-24(23)34-18-27(39)28(40)19-34)36(14-15-38)29(35(25)5-2)20-37-31(42)21-11-8-9-12-22(21)32(37)43/h8-9,11-12,16-17,27-28,38-40H,4-7,10,13-15,18-20H2,1-3H3/q+1/t27-,28-/m0/s1. The molecule has 0 unspecified atom stereocenters. The molecule has 1 saturated heterocycles. The third-order valence-electron chi connectivity index (χ3n) is 8.64. The van der Waals surface area contributed by atoms with Crippen LogP contribution in [0.25, 0.3) is 11.0 Å². The number of nitrogens with zero attached hydrogens (tertiary/aromatic N) is 5. The molecule has 0 radical (unpaired) electrons. The van der Waals surface area contributed by atoms with Gasteiger partial charge in [-0.3, -0.25) is 19.3 Å². The zero-order valence-electron chi connectivity index (χ0n) is 25.2. The van der Waals surface area contributed by atoms with Crippen molar-refractivity contribution in [3.05, 3.63) is 58.9 Å². The zero-order chi connectivity index (χ0) is 30.8. The largest absolute Gasteiger partial charge is 0.392 e. The molecule has 3 N–H and O–H groups in total. The first kappa shape index (κ1) is 30.7. The van der Waals surface area contributed by atoms with Crippen molar-refractivity contribution in [2.75, 3.05) is 38.2 Å².